The van der Waals surface area contributed by atoms with Crippen molar-refractivity contribution in [2.45, 2.75) is 45.1 Å². The normalized spacial score (nSPS) is 17.5. The van der Waals surface area contributed by atoms with E-state index in [4.69, 9.17) is 13.9 Å². The van der Waals surface area contributed by atoms with Crippen molar-refractivity contribution in [2.24, 2.45) is 4.99 Å². The summed E-state index contributed by atoms with van der Waals surface area (Å²) < 4.78 is 11.1. The van der Waals surface area contributed by atoms with Gasteiger partial charge in [0, 0.05) is 21.2 Å². The fourth-order valence-corrected chi connectivity index (χ4v) is 2.99. The highest BCUT2D eigenvalue weighted by molar-refractivity contribution is 14.2. The standard InChI is InChI=1S/C16H22INO2S/c1-15(2)11-19-14(18-15)16(3,4)13-7-5-12(6-8-13)9-10-20-21-17/h5-8H,9-11H2,1-4H3. The molecule has 0 fully saturated rings. The SMILES string of the molecule is CC1(C)COC(C(C)(C)c2ccc(CCOSI)cc2)=N1. The quantitative estimate of drug-likeness (QED) is 0.380. The Balaban J connectivity index is 2.10. The van der Waals surface area contributed by atoms with Gasteiger partial charge in [0.1, 0.15) is 6.61 Å². The molecule has 2 rings (SSSR count). The smallest absolute Gasteiger partial charge is 0.194 e. The van der Waals surface area contributed by atoms with Gasteiger partial charge in [0.25, 0.3) is 0 Å². The fourth-order valence-electron chi connectivity index (χ4n) is 2.31. The van der Waals surface area contributed by atoms with Crippen LogP contribution >= 0.6 is 30.4 Å². The summed E-state index contributed by atoms with van der Waals surface area (Å²) in [5, 5.41) is 0. The second-order valence-electron chi connectivity index (χ2n) is 6.47. The molecule has 0 aromatic heterocycles. The second-order valence-corrected chi connectivity index (χ2v) is 7.92. The summed E-state index contributed by atoms with van der Waals surface area (Å²) in [6, 6.07) is 8.67. The molecule has 116 valence electrons. The van der Waals surface area contributed by atoms with Crippen molar-refractivity contribution in [1.82, 2.24) is 0 Å². The lowest BCUT2D eigenvalue weighted by atomic mass is 9.84. The number of hydrogen-bond donors (Lipinski definition) is 0. The number of rotatable bonds is 6. The van der Waals surface area contributed by atoms with Crippen molar-refractivity contribution in [1.29, 1.82) is 0 Å². The Labute approximate surface area is 143 Å². The fraction of sp³-hybridized carbons (Fsp3) is 0.562. The van der Waals surface area contributed by atoms with Crippen molar-refractivity contribution < 1.29 is 8.92 Å². The Hall–Kier alpha value is -0.270. The molecule has 0 radical (unpaired) electrons. The summed E-state index contributed by atoms with van der Waals surface area (Å²) >= 11 is 2.14. The van der Waals surface area contributed by atoms with Gasteiger partial charge in [-0.05, 0) is 45.2 Å². The van der Waals surface area contributed by atoms with Crippen LogP contribution in [0.15, 0.2) is 29.3 Å². The lowest BCUT2D eigenvalue weighted by Gasteiger charge is -2.24. The Morgan fingerprint density at radius 2 is 2.00 bits per heavy atom. The van der Waals surface area contributed by atoms with E-state index in [0.717, 1.165) is 18.9 Å². The maximum absolute atomic E-state index is 5.82. The van der Waals surface area contributed by atoms with Crippen LogP contribution in [0.5, 0.6) is 0 Å². The molecule has 0 saturated carbocycles. The maximum Gasteiger partial charge on any atom is 0.194 e. The molecular formula is C16H22INO2S. The first kappa shape index (κ1) is 17.1. The van der Waals surface area contributed by atoms with E-state index in [-0.39, 0.29) is 11.0 Å². The van der Waals surface area contributed by atoms with Gasteiger partial charge in [-0.25, -0.2) is 4.99 Å². The molecular weight excluding hydrogens is 397 g/mol. The second kappa shape index (κ2) is 6.87. The number of nitrogens with zero attached hydrogens (tertiary/aromatic N) is 1. The zero-order chi connectivity index (χ0) is 15.5. The molecule has 1 aromatic rings. The van der Waals surface area contributed by atoms with Crippen LogP contribution in [0.3, 0.4) is 0 Å². The van der Waals surface area contributed by atoms with Crippen molar-refractivity contribution >= 4 is 36.3 Å². The third-order valence-electron chi connectivity index (χ3n) is 3.70. The minimum absolute atomic E-state index is 0.110. The maximum atomic E-state index is 5.82. The van der Waals surface area contributed by atoms with E-state index in [0.29, 0.717) is 6.61 Å². The molecule has 0 N–H and O–H groups in total. The number of halogens is 1. The Morgan fingerprint density at radius 1 is 1.33 bits per heavy atom. The predicted octanol–water partition coefficient (Wildman–Crippen LogP) is 4.73. The van der Waals surface area contributed by atoms with Gasteiger partial charge in [-0.3, -0.25) is 0 Å². The molecule has 5 heteroatoms. The summed E-state index contributed by atoms with van der Waals surface area (Å²) in [5.74, 6) is 0.838. The van der Waals surface area contributed by atoms with E-state index >= 15 is 0 Å². The largest absolute Gasteiger partial charge is 0.478 e. The van der Waals surface area contributed by atoms with Crippen LogP contribution < -0.4 is 0 Å². The number of benzene rings is 1. The molecule has 1 heterocycles. The lowest BCUT2D eigenvalue weighted by Crippen LogP contribution is -2.29. The highest BCUT2D eigenvalue weighted by Crippen LogP contribution is 2.31. The molecule has 0 amide bonds. The van der Waals surface area contributed by atoms with Crippen molar-refractivity contribution in [3.05, 3.63) is 35.4 Å². The third kappa shape index (κ3) is 4.36. The molecule has 0 unspecified atom stereocenters. The Morgan fingerprint density at radius 3 is 2.52 bits per heavy atom. The van der Waals surface area contributed by atoms with Gasteiger partial charge in [-0.1, -0.05) is 24.3 Å². The molecule has 0 bridgehead atoms. The van der Waals surface area contributed by atoms with E-state index < -0.39 is 0 Å². The zero-order valence-electron chi connectivity index (χ0n) is 13.0. The van der Waals surface area contributed by atoms with Crippen LogP contribution in [0.1, 0.15) is 38.8 Å². The summed E-state index contributed by atoms with van der Waals surface area (Å²) in [6.45, 7) is 9.93. The monoisotopic (exact) mass is 419 g/mol. The molecule has 1 aromatic carbocycles. The van der Waals surface area contributed by atoms with Crippen LogP contribution in [0.25, 0.3) is 0 Å². The average Bonchev–Trinajstić information content (AvgIpc) is 2.81. The van der Waals surface area contributed by atoms with Gasteiger partial charge in [0.15, 0.2) is 5.90 Å². The van der Waals surface area contributed by atoms with Crippen LogP contribution in [-0.2, 0) is 20.8 Å². The van der Waals surface area contributed by atoms with Gasteiger partial charge >= 0.3 is 0 Å². The van der Waals surface area contributed by atoms with Crippen LogP contribution in [0.4, 0.5) is 0 Å². The van der Waals surface area contributed by atoms with E-state index in [1.54, 1.807) is 0 Å². The van der Waals surface area contributed by atoms with Crippen LogP contribution in [0, 0.1) is 0 Å². The molecule has 0 aliphatic carbocycles. The molecule has 0 atom stereocenters. The van der Waals surface area contributed by atoms with Gasteiger partial charge in [-0.15, -0.1) is 0 Å². The average molecular weight is 419 g/mol. The van der Waals surface area contributed by atoms with Gasteiger partial charge < -0.3 is 8.92 Å². The topological polar surface area (TPSA) is 30.8 Å². The van der Waals surface area contributed by atoms with E-state index in [1.807, 2.05) is 0 Å². The number of ether oxygens (including phenoxy) is 1. The zero-order valence-corrected chi connectivity index (χ0v) is 16.0. The molecule has 1 aliphatic heterocycles. The minimum atomic E-state index is -0.194. The Bertz CT molecular complexity index is 512. The van der Waals surface area contributed by atoms with Crippen molar-refractivity contribution in [3.63, 3.8) is 0 Å². The van der Waals surface area contributed by atoms with Gasteiger partial charge in [-0.2, -0.15) is 0 Å². The van der Waals surface area contributed by atoms with E-state index in [1.165, 1.54) is 20.3 Å². The lowest BCUT2D eigenvalue weighted by molar-refractivity contribution is 0.263. The molecule has 0 spiro atoms. The summed E-state index contributed by atoms with van der Waals surface area (Å²) in [4.78, 5) is 4.72. The number of aliphatic imine (C=N–C) groups is 1. The highest BCUT2D eigenvalue weighted by atomic mass is 127. The van der Waals surface area contributed by atoms with Crippen molar-refractivity contribution in [2.75, 3.05) is 13.2 Å². The van der Waals surface area contributed by atoms with Crippen molar-refractivity contribution in [3.8, 4) is 0 Å². The molecule has 0 saturated heterocycles. The first-order chi connectivity index (χ1) is 9.85. The first-order valence-corrected chi connectivity index (χ1v) is 10.4. The minimum Gasteiger partial charge on any atom is -0.478 e. The molecule has 21 heavy (non-hydrogen) atoms. The molecule has 3 nitrogen and oxygen atoms in total. The predicted molar refractivity (Wildman–Crippen MR) is 98.2 cm³/mol. The van der Waals surface area contributed by atoms with Crippen LogP contribution in [0.2, 0.25) is 0 Å². The first-order valence-electron chi connectivity index (χ1n) is 7.08. The summed E-state index contributed by atoms with van der Waals surface area (Å²) in [7, 11) is 1.38. The summed E-state index contributed by atoms with van der Waals surface area (Å²) in [6.07, 6.45) is 0.932. The third-order valence-corrected chi connectivity index (χ3v) is 4.71. The van der Waals surface area contributed by atoms with Gasteiger partial charge in [0.05, 0.1) is 26.8 Å². The van der Waals surface area contributed by atoms with Gasteiger partial charge in [0.2, 0.25) is 0 Å². The summed E-state index contributed by atoms with van der Waals surface area (Å²) in [5.41, 5.74) is 2.21. The molecule has 1 aliphatic rings. The number of hydrogen-bond acceptors (Lipinski definition) is 4. The van der Waals surface area contributed by atoms with E-state index in [9.17, 15) is 0 Å². The highest BCUT2D eigenvalue weighted by Gasteiger charge is 2.36. The Kier molecular flexibility index (Phi) is 5.59. The van der Waals surface area contributed by atoms with Crippen LogP contribution in [-0.4, -0.2) is 24.7 Å². The van der Waals surface area contributed by atoms with E-state index in [2.05, 4.69) is 73.2 Å².